The number of fused-ring (bicyclic) bond motifs is 1. The number of carbonyl (C=O) groups excluding carboxylic acids is 1. The molecule has 0 spiro atoms. The van der Waals surface area contributed by atoms with E-state index in [1.807, 2.05) is 32.9 Å². The molecule has 0 aliphatic carbocycles. The molecule has 8 heteroatoms. The molecule has 1 unspecified atom stereocenters. The van der Waals surface area contributed by atoms with E-state index in [4.69, 9.17) is 16.3 Å². The van der Waals surface area contributed by atoms with Crippen LogP contribution in [0.2, 0.25) is 5.15 Å². The van der Waals surface area contributed by atoms with Gasteiger partial charge in [0.2, 0.25) is 0 Å². The van der Waals surface area contributed by atoms with Gasteiger partial charge >= 0.3 is 5.97 Å². The highest BCUT2D eigenvalue weighted by Crippen LogP contribution is 2.28. The molecule has 0 aliphatic heterocycles. The normalized spacial score (nSPS) is 13.0. The smallest absolute Gasteiger partial charge is 0.315 e. The van der Waals surface area contributed by atoms with E-state index in [0.717, 1.165) is 5.56 Å². The lowest BCUT2D eigenvalue weighted by Crippen LogP contribution is -2.30. The van der Waals surface area contributed by atoms with Crippen LogP contribution < -0.4 is 0 Å². The van der Waals surface area contributed by atoms with Crippen molar-refractivity contribution in [1.29, 1.82) is 0 Å². The minimum absolute atomic E-state index is 0.286. The third kappa shape index (κ3) is 4.22. The van der Waals surface area contributed by atoms with Crippen LogP contribution >= 0.6 is 27.5 Å². The summed E-state index contributed by atoms with van der Waals surface area (Å²) in [6.45, 7) is 5.52. The molecule has 0 aliphatic rings. The number of hydrogen-bond donors (Lipinski definition) is 0. The molecular weight excluding hydrogens is 420 g/mol. The zero-order chi connectivity index (χ0) is 18.9. The van der Waals surface area contributed by atoms with Crippen LogP contribution in [0.15, 0.2) is 41.3 Å². The predicted molar refractivity (Wildman–Crippen MR) is 102 cm³/mol. The van der Waals surface area contributed by atoms with Gasteiger partial charge in [-0.2, -0.15) is 5.10 Å². The van der Waals surface area contributed by atoms with Gasteiger partial charge in [-0.15, -0.1) is 0 Å². The molecular formula is C18H18BrClN4O2. The van der Waals surface area contributed by atoms with E-state index in [0.29, 0.717) is 22.2 Å². The van der Waals surface area contributed by atoms with Gasteiger partial charge in [0.25, 0.3) is 0 Å². The van der Waals surface area contributed by atoms with Crippen LogP contribution in [-0.2, 0) is 16.0 Å². The lowest BCUT2D eigenvalue weighted by molar-refractivity contribution is -0.156. The Hall–Kier alpha value is -1.99. The average Bonchev–Trinajstić information content (AvgIpc) is 2.92. The van der Waals surface area contributed by atoms with Gasteiger partial charge in [0.05, 0.1) is 16.4 Å². The zero-order valence-electron chi connectivity index (χ0n) is 14.6. The largest absolute Gasteiger partial charge is 0.459 e. The van der Waals surface area contributed by atoms with Crippen LogP contribution in [0.1, 0.15) is 37.9 Å². The van der Waals surface area contributed by atoms with E-state index in [2.05, 4.69) is 31.0 Å². The molecule has 26 heavy (non-hydrogen) atoms. The van der Waals surface area contributed by atoms with Gasteiger partial charge in [-0.25, -0.2) is 9.50 Å². The van der Waals surface area contributed by atoms with Gasteiger partial charge < -0.3 is 4.74 Å². The summed E-state index contributed by atoms with van der Waals surface area (Å²) in [5, 5.41) is 4.61. The maximum absolute atomic E-state index is 13.0. The molecule has 0 aromatic carbocycles. The molecule has 136 valence electrons. The number of rotatable bonds is 4. The number of ether oxygens (including phenoxy) is 1. The van der Waals surface area contributed by atoms with E-state index >= 15 is 0 Å². The fourth-order valence-corrected chi connectivity index (χ4v) is 3.15. The van der Waals surface area contributed by atoms with E-state index in [1.54, 1.807) is 29.2 Å². The molecule has 0 bridgehead atoms. The molecule has 3 heterocycles. The van der Waals surface area contributed by atoms with Crippen molar-refractivity contribution in [1.82, 2.24) is 19.6 Å². The van der Waals surface area contributed by atoms with Crippen LogP contribution in [0.25, 0.3) is 5.65 Å². The van der Waals surface area contributed by atoms with Gasteiger partial charge in [-0.05, 0) is 60.8 Å². The van der Waals surface area contributed by atoms with Crippen molar-refractivity contribution < 1.29 is 9.53 Å². The fraction of sp³-hybridized carbons (Fsp3) is 0.333. The molecule has 6 nitrogen and oxygen atoms in total. The molecule has 3 aromatic rings. The lowest BCUT2D eigenvalue weighted by atomic mass is 9.96. The highest BCUT2D eigenvalue weighted by Gasteiger charge is 2.30. The molecule has 3 aromatic heterocycles. The van der Waals surface area contributed by atoms with Crippen LogP contribution in [0.3, 0.4) is 0 Å². The topological polar surface area (TPSA) is 69.4 Å². The Bertz CT molecular complexity index is 938. The average molecular weight is 438 g/mol. The second-order valence-electron chi connectivity index (χ2n) is 6.88. The summed E-state index contributed by atoms with van der Waals surface area (Å²) in [6.07, 6.45) is 5.46. The van der Waals surface area contributed by atoms with Crippen molar-refractivity contribution in [3.63, 3.8) is 0 Å². The highest BCUT2D eigenvalue weighted by atomic mass is 79.9. The Morgan fingerprint density at radius 2 is 2.15 bits per heavy atom. The van der Waals surface area contributed by atoms with E-state index in [-0.39, 0.29) is 11.1 Å². The second-order valence-corrected chi connectivity index (χ2v) is 8.12. The quantitative estimate of drug-likeness (QED) is 0.452. The number of aromatic nitrogens is 4. The van der Waals surface area contributed by atoms with Gasteiger partial charge in [0, 0.05) is 12.4 Å². The summed E-state index contributed by atoms with van der Waals surface area (Å²) >= 11 is 9.61. The second kappa shape index (κ2) is 7.32. The van der Waals surface area contributed by atoms with E-state index < -0.39 is 11.5 Å². The summed E-state index contributed by atoms with van der Waals surface area (Å²) in [7, 11) is 0. The first-order chi connectivity index (χ1) is 12.2. The van der Waals surface area contributed by atoms with Crippen molar-refractivity contribution >= 4 is 39.1 Å². The van der Waals surface area contributed by atoms with Crippen molar-refractivity contribution in [2.24, 2.45) is 0 Å². The third-order valence-electron chi connectivity index (χ3n) is 3.64. The monoisotopic (exact) mass is 436 g/mol. The van der Waals surface area contributed by atoms with Gasteiger partial charge in [0.1, 0.15) is 16.7 Å². The summed E-state index contributed by atoms with van der Waals surface area (Å²) in [5.74, 6) is -0.954. The summed E-state index contributed by atoms with van der Waals surface area (Å²) < 4.78 is 7.96. The number of pyridine rings is 1. The van der Waals surface area contributed by atoms with Crippen molar-refractivity contribution in [3.05, 3.63) is 57.7 Å². The van der Waals surface area contributed by atoms with Crippen molar-refractivity contribution in [2.45, 2.75) is 38.7 Å². The number of nitrogens with zero attached hydrogens (tertiary/aromatic N) is 4. The molecule has 0 fully saturated rings. The van der Waals surface area contributed by atoms with Crippen molar-refractivity contribution in [3.8, 4) is 0 Å². The minimum atomic E-state index is -0.606. The Balaban J connectivity index is 2.10. The molecule has 0 amide bonds. The fourth-order valence-electron chi connectivity index (χ4n) is 2.61. The SMILES string of the molecule is CC(C)(C)OC(=O)C(Cc1cccnc1)c1cc(Cl)nc2c(Br)cnn12. The maximum Gasteiger partial charge on any atom is 0.315 e. The van der Waals surface area contributed by atoms with Crippen LogP contribution in [0, 0.1) is 0 Å². The third-order valence-corrected chi connectivity index (χ3v) is 4.39. The van der Waals surface area contributed by atoms with Gasteiger partial charge in [-0.3, -0.25) is 9.78 Å². The Morgan fingerprint density at radius 3 is 2.81 bits per heavy atom. The lowest BCUT2D eigenvalue weighted by Gasteiger charge is -2.24. The van der Waals surface area contributed by atoms with E-state index in [9.17, 15) is 4.79 Å². The zero-order valence-corrected chi connectivity index (χ0v) is 17.0. The molecule has 0 N–H and O–H groups in total. The number of hydrogen-bond acceptors (Lipinski definition) is 5. The Kier molecular flexibility index (Phi) is 5.29. The Morgan fingerprint density at radius 1 is 1.38 bits per heavy atom. The summed E-state index contributed by atoms with van der Waals surface area (Å²) in [6, 6.07) is 5.41. The highest BCUT2D eigenvalue weighted by molar-refractivity contribution is 9.10. The maximum atomic E-state index is 13.0. The molecule has 1 atom stereocenters. The van der Waals surface area contributed by atoms with Crippen LogP contribution in [0.4, 0.5) is 0 Å². The number of halogens is 2. The molecule has 0 saturated heterocycles. The van der Waals surface area contributed by atoms with Gasteiger partial charge in [0.15, 0.2) is 5.65 Å². The first-order valence-corrected chi connectivity index (χ1v) is 9.23. The van der Waals surface area contributed by atoms with Crippen LogP contribution in [0.5, 0.6) is 0 Å². The molecule has 3 rings (SSSR count). The van der Waals surface area contributed by atoms with Gasteiger partial charge in [-0.1, -0.05) is 17.7 Å². The Labute approximate surface area is 164 Å². The van der Waals surface area contributed by atoms with E-state index in [1.165, 1.54) is 0 Å². The first kappa shape index (κ1) is 18.8. The van der Waals surface area contributed by atoms with Crippen molar-refractivity contribution in [2.75, 3.05) is 0 Å². The number of carbonyl (C=O) groups is 1. The predicted octanol–water partition coefficient (Wildman–Crippen LogP) is 4.21. The molecule has 0 radical (unpaired) electrons. The van der Waals surface area contributed by atoms with Crippen LogP contribution in [-0.4, -0.2) is 31.2 Å². The minimum Gasteiger partial charge on any atom is -0.459 e. The standard InChI is InChI=1S/C18H18BrClN4O2/c1-18(2,3)26-17(25)12(7-11-5-4-6-21-9-11)14-8-15(20)23-16-13(19)10-22-24(14)16/h4-6,8-10,12H,7H2,1-3H3. The molecule has 0 saturated carbocycles. The summed E-state index contributed by atoms with van der Waals surface area (Å²) in [4.78, 5) is 21.4. The number of esters is 1. The summed E-state index contributed by atoms with van der Waals surface area (Å²) in [5.41, 5.74) is 1.47. The first-order valence-electron chi connectivity index (χ1n) is 8.06.